The summed E-state index contributed by atoms with van der Waals surface area (Å²) in [5.74, 6) is 0.663. The molecule has 4 nitrogen and oxygen atoms in total. The molecule has 2 N–H and O–H groups in total. The largest absolute Gasteiger partial charge is 0.376 e. The van der Waals surface area contributed by atoms with Gasteiger partial charge in [-0.25, -0.2) is 4.39 Å². The molecule has 1 unspecified atom stereocenters. The third kappa shape index (κ3) is 5.05. The third-order valence-corrected chi connectivity index (χ3v) is 4.72. The van der Waals surface area contributed by atoms with E-state index >= 15 is 0 Å². The van der Waals surface area contributed by atoms with Gasteiger partial charge in [-0.1, -0.05) is 12.1 Å². The lowest BCUT2D eigenvalue weighted by molar-refractivity contribution is 0.114. The van der Waals surface area contributed by atoms with Crippen LogP contribution in [0.3, 0.4) is 0 Å². The first kappa shape index (κ1) is 19.4. The molecule has 3 rings (SSSR count). The minimum Gasteiger partial charge on any atom is -0.376 e. The summed E-state index contributed by atoms with van der Waals surface area (Å²) in [4.78, 5) is 4.75. The average Bonchev–Trinajstić information content (AvgIpc) is 3.16. The Balaban J connectivity index is 0.00000208. The molecular formula is C18H27FIN3O. The summed E-state index contributed by atoms with van der Waals surface area (Å²) in [6, 6.07) is 6.87. The third-order valence-electron chi connectivity index (χ3n) is 4.72. The van der Waals surface area contributed by atoms with Crippen LogP contribution >= 0.6 is 24.0 Å². The van der Waals surface area contributed by atoms with Crippen LogP contribution in [0.1, 0.15) is 38.2 Å². The summed E-state index contributed by atoms with van der Waals surface area (Å²) in [6.45, 7) is 5.31. The summed E-state index contributed by atoms with van der Waals surface area (Å²) >= 11 is 0. The minimum atomic E-state index is -0.181. The average molecular weight is 447 g/mol. The van der Waals surface area contributed by atoms with Crippen LogP contribution in [0, 0.1) is 5.82 Å². The molecule has 0 radical (unpaired) electrons. The van der Waals surface area contributed by atoms with Crippen molar-refractivity contribution < 1.29 is 9.13 Å². The van der Waals surface area contributed by atoms with Gasteiger partial charge in [0.15, 0.2) is 5.96 Å². The first-order chi connectivity index (χ1) is 11.2. The van der Waals surface area contributed by atoms with E-state index in [1.807, 2.05) is 12.1 Å². The molecule has 1 aromatic carbocycles. The smallest absolute Gasteiger partial charge is 0.191 e. The Hall–Kier alpha value is -0.890. The van der Waals surface area contributed by atoms with Crippen molar-refractivity contribution in [2.24, 2.45) is 4.99 Å². The number of nitrogens with zero attached hydrogens (tertiary/aromatic N) is 1. The molecule has 0 bridgehead atoms. The standard InChI is InChI=1S/C18H26FN3O.HI/c1-2-20-17(21-12-16-4-3-11-23-16)22-13-18(9-10-18)14-5-7-15(19)8-6-14;/h5-8,16H,2-4,9-13H2,1H3,(H2,20,21,22);1H. The number of benzene rings is 1. The molecule has 1 saturated heterocycles. The van der Waals surface area contributed by atoms with Gasteiger partial charge in [0.05, 0.1) is 12.6 Å². The van der Waals surface area contributed by atoms with E-state index in [-0.39, 0.29) is 35.2 Å². The van der Waals surface area contributed by atoms with Gasteiger partial charge in [-0.15, -0.1) is 24.0 Å². The minimum absolute atomic E-state index is 0. The lowest BCUT2D eigenvalue weighted by Crippen LogP contribution is -2.41. The predicted molar refractivity (Wildman–Crippen MR) is 106 cm³/mol. The Labute approximate surface area is 160 Å². The number of hydrogen-bond donors (Lipinski definition) is 2. The van der Waals surface area contributed by atoms with Gasteiger partial charge >= 0.3 is 0 Å². The van der Waals surface area contributed by atoms with Crippen molar-refractivity contribution in [1.29, 1.82) is 0 Å². The maximum absolute atomic E-state index is 13.1. The number of halogens is 2. The van der Waals surface area contributed by atoms with E-state index in [4.69, 9.17) is 9.73 Å². The number of rotatable bonds is 6. The second-order valence-corrected chi connectivity index (χ2v) is 6.50. The predicted octanol–water partition coefficient (Wildman–Crippen LogP) is 3.21. The van der Waals surface area contributed by atoms with Crippen LogP contribution in [0.2, 0.25) is 0 Å². The number of nitrogens with one attached hydrogen (secondary N) is 2. The van der Waals surface area contributed by atoms with Crippen LogP contribution in [0.15, 0.2) is 29.3 Å². The van der Waals surface area contributed by atoms with Crippen molar-refractivity contribution in [2.45, 2.75) is 44.1 Å². The van der Waals surface area contributed by atoms with E-state index in [0.717, 1.165) is 57.9 Å². The van der Waals surface area contributed by atoms with Crippen molar-refractivity contribution in [3.05, 3.63) is 35.6 Å². The van der Waals surface area contributed by atoms with Crippen molar-refractivity contribution in [3.63, 3.8) is 0 Å². The van der Waals surface area contributed by atoms with Gasteiger partial charge in [0.2, 0.25) is 0 Å². The molecule has 24 heavy (non-hydrogen) atoms. The van der Waals surface area contributed by atoms with E-state index < -0.39 is 0 Å². The van der Waals surface area contributed by atoms with E-state index in [0.29, 0.717) is 6.10 Å². The van der Waals surface area contributed by atoms with Gasteiger partial charge in [0, 0.05) is 25.1 Å². The fourth-order valence-corrected chi connectivity index (χ4v) is 3.08. The van der Waals surface area contributed by atoms with Crippen molar-refractivity contribution in [1.82, 2.24) is 10.6 Å². The van der Waals surface area contributed by atoms with Crippen LogP contribution in [0.5, 0.6) is 0 Å². The van der Waals surface area contributed by atoms with Gasteiger partial charge in [-0.3, -0.25) is 4.99 Å². The zero-order valence-corrected chi connectivity index (χ0v) is 16.5. The quantitative estimate of drug-likeness (QED) is 0.400. The molecule has 1 aromatic rings. The molecule has 1 heterocycles. The Morgan fingerprint density at radius 2 is 2.04 bits per heavy atom. The summed E-state index contributed by atoms with van der Waals surface area (Å²) < 4.78 is 18.7. The number of aliphatic imine (C=N–C) groups is 1. The summed E-state index contributed by atoms with van der Waals surface area (Å²) in [7, 11) is 0. The highest BCUT2D eigenvalue weighted by molar-refractivity contribution is 14.0. The highest BCUT2D eigenvalue weighted by atomic mass is 127. The SMILES string of the molecule is CCNC(=NCC1(c2ccc(F)cc2)CC1)NCC1CCCO1.I. The summed E-state index contributed by atoms with van der Waals surface area (Å²) in [5.41, 5.74) is 1.29. The molecule has 1 aliphatic heterocycles. The van der Waals surface area contributed by atoms with Crippen LogP contribution in [0.25, 0.3) is 0 Å². The second kappa shape index (κ2) is 8.99. The summed E-state index contributed by atoms with van der Waals surface area (Å²) in [6.07, 6.45) is 4.80. The Bertz CT molecular complexity index is 540. The number of ether oxygens (including phenoxy) is 1. The highest BCUT2D eigenvalue weighted by Gasteiger charge is 2.44. The lowest BCUT2D eigenvalue weighted by Gasteiger charge is -2.17. The van der Waals surface area contributed by atoms with Crippen LogP contribution in [-0.4, -0.2) is 38.3 Å². The van der Waals surface area contributed by atoms with Gasteiger partial charge in [0.25, 0.3) is 0 Å². The second-order valence-electron chi connectivity index (χ2n) is 6.50. The molecule has 1 atom stereocenters. The molecule has 2 fully saturated rings. The van der Waals surface area contributed by atoms with E-state index in [9.17, 15) is 4.39 Å². The fourth-order valence-electron chi connectivity index (χ4n) is 3.08. The van der Waals surface area contributed by atoms with Crippen LogP contribution in [-0.2, 0) is 10.2 Å². The first-order valence-electron chi connectivity index (χ1n) is 8.62. The van der Waals surface area contributed by atoms with Crippen LogP contribution in [0.4, 0.5) is 4.39 Å². The van der Waals surface area contributed by atoms with Crippen molar-refractivity contribution in [3.8, 4) is 0 Å². The highest BCUT2D eigenvalue weighted by Crippen LogP contribution is 2.48. The zero-order valence-electron chi connectivity index (χ0n) is 14.2. The lowest BCUT2D eigenvalue weighted by atomic mass is 9.96. The Kier molecular flexibility index (Phi) is 7.28. The monoisotopic (exact) mass is 447 g/mol. The molecule has 2 aliphatic rings. The number of hydrogen-bond acceptors (Lipinski definition) is 2. The van der Waals surface area contributed by atoms with Gasteiger partial charge in [0.1, 0.15) is 5.82 Å². The molecule has 0 aromatic heterocycles. The molecule has 134 valence electrons. The topological polar surface area (TPSA) is 45.7 Å². The Morgan fingerprint density at radius 3 is 2.62 bits per heavy atom. The fraction of sp³-hybridized carbons (Fsp3) is 0.611. The first-order valence-corrected chi connectivity index (χ1v) is 8.62. The molecule has 1 saturated carbocycles. The normalized spacial score (nSPS) is 21.9. The van der Waals surface area contributed by atoms with Gasteiger partial charge in [-0.05, 0) is 50.3 Å². The maximum Gasteiger partial charge on any atom is 0.191 e. The van der Waals surface area contributed by atoms with E-state index in [2.05, 4.69) is 17.6 Å². The van der Waals surface area contributed by atoms with E-state index in [1.54, 1.807) is 12.1 Å². The zero-order chi connectivity index (χ0) is 16.1. The molecule has 0 amide bonds. The Morgan fingerprint density at radius 1 is 1.29 bits per heavy atom. The van der Waals surface area contributed by atoms with Gasteiger partial charge in [-0.2, -0.15) is 0 Å². The summed E-state index contributed by atoms with van der Waals surface area (Å²) in [5, 5.41) is 6.67. The molecule has 6 heteroatoms. The molecule has 0 spiro atoms. The van der Waals surface area contributed by atoms with E-state index in [1.165, 1.54) is 5.56 Å². The molecule has 1 aliphatic carbocycles. The maximum atomic E-state index is 13.1. The van der Waals surface area contributed by atoms with Crippen molar-refractivity contribution in [2.75, 3.05) is 26.2 Å². The van der Waals surface area contributed by atoms with Crippen LogP contribution < -0.4 is 10.6 Å². The number of guanidine groups is 1. The van der Waals surface area contributed by atoms with Crippen molar-refractivity contribution >= 4 is 29.9 Å². The van der Waals surface area contributed by atoms with Gasteiger partial charge < -0.3 is 15.4 Å². The molecular weight excluding hydrogens is 420 g/mol.